The third kappa shape index (κ3) is 1.95. The van der Waals surface area contributed by atoms with Crippen LogP contribution in [0.1, 0.15) is 22.8 Å². The summed E-state index contributed by atoms with van der Waals surface area (Å²) in [6, 6.07) is 7.43. The molecule has 0 aliphatic carbocycles. The molecule has 1 aliphatic rings. The van der Waals surface area contributed by atoms with Gasteiger partial charge in [-0.1, -0.05) is 24.8 Å². The number of nitrogens with zero attached hydrogens (tertiary/aromatic N) is 1. The Kier molecular flexibility index (Phi) is 3.78. The summed E-state index contributed by atoms with van der Waals surface area (Å²) in [5, 5.41) is 9.36. The van der Waals surface area contributed by atoms with Crippen molar-refractivity contribution < 1.29 is 9.90 Å². The second-order valence-electron chi connectivity index (χ2n) is 4.36. The van der Waals surface area contributed by atoms with Crippen LogP contribution in [0.15, 0.2) is 30.8 Å². The first-order chi connectivity index (χ1) is 8.61. The summed E-state index contributed by atoms with van der Waals surface area (Å²) in [6.07, 6.45) is 1.94. The molecule has 0 saturated heterocycles. The molecule has 1 aromatic carbocycles. The zero-order chi connectivity index (χ0) is 13.3. The molecule has 0 spiro atoms. The van der Waals surface area contributed by atoms with E-state index in [1.165, 1.54) is 0 Å². The average Bonchev–Trinajstić information content (AvgIpc) is 2.64. The van der Waals surface area contributed by atoms with Crippen LogP contribution in [0.2, 0.25) is 0 Å². The SMILES string of the molecule is C=C1c2ccccc2C(=O)N1C(C)C(CO)SC. The van der Waals surface area contributed by atoms with Crippen molar-refractivity contribution in [2.75, 3.05) is 12.9 Å². The van der Waals surface area contributed by atoms with Crippen LogP contribution in [0, 0.1) is 0 Å². The lowest BCUT2D eigenvalue weighted by Crippen LogP contribution is -2.41. The summed E-state index contributed by atoms with van der Waals surface area (Å²) < 4.78 is 0. The minimum atomic E-state index is -0.0719. The van der Waals surface area contributed by atoms with Crippen molar-refractivity contribution in [2.45, 2.75) is 18.2 Å². The van der Waals surface area contributed by atoms with E-state index in [1.54, 1.807) is 16.7 Å². The van der Waals surface area contributed by atoms with E-state index < -0.39 is 0 Å². The molecule has 0 saturated carbocycles. The van der Waals surface area contributed by atoms with Crippen molar-refractivity contribution in [3.8, 4) is 0 Å². The van der Waals surface area contributed by atoms with Crippen molar-refractivity contribution in [3.05, 3.63) is 42.0 Å². The van der Waals surface area contributed by atoms with Crippen LogP contribution < -0.4 is 0 Å². The largest absolute Gasteiger partial charge is 0.395 e. The van der Waals surface area contributed by atoms with Crippen LogP contribution in [0.3, 0.4) is 0 Å². The van der Waals surface area contributed by atoms with Gasteiger partial charge in [-0.15, -0.1) is 0 Å². The third-order valence-electron chi connectivity index (χ3n) is 3.41. The van der Waals surface area contributed by atoms with Gasteiger partial charge in [-0.2, -0.15) is 11.8 Å². The van der Waals surface area contributed by atoms with Gasteiger partial charge in [-0.3, -0.25) is 4.79 Å². The molecule has 1 N–H and O–H groups in total. The minimum absolute atomic E-state index is 0.0000113. The van der Waals surface area contributed by atoms with Crippen LogP contribution in [-0.4, -0.2) is 40.1 Å². The maximum atomic E-state index is 12.4. The normalized spacial score (nSPS) is 17.8. The van der Waals surface area contributed by atoms with E-state index in [0.717, 1.165) is 11.3 Å². The van der Waals surface area contributed by atoms with Crippen molar-refractivity contribution in [1.29, 1.82) is 0 Å². The number of aliphatic hydroxyl groups is 1. The summed E-state index contributed by atoms with van der Waals surface area (Å²) >= 11 is 1.56. The highest BCUT2D eigenvalue weighted by Gasteiger charge is 2.36. The Bertz CT molecular complexity index is 447. The van der Waals surface area contributed by atoms with Crippen molar-refractivity contribution in [3.63, 3.8) is 0 Å². The summed E-state index contributed by atoms with van der Waals surface area (Å²) in [6.45, 7) is 6.02. The second-order valence-corrected chi connectivity index (χ2v) is 5.44. The smallest absolute Gasteiger partial charge is 0.259 e. The molecule has 1 aliphatic heterocycles. The lowest BCUT2D eigenvalue weighted by Gasteiger charge is -2.30. The van der Waals surface area contributed by atoms with Gasteiger partial charge in [0.05, 0.1) is 6.61 Å². The van der Waals surface area contributed by atoms with Gasteiger partial charge >= 0.3 is 0 Å². The van der Waals surface area contributed by atoms with Crippen LogP contribution in [0.25, 0.3) is 5.70 Å². The molecule has 4 heteroatoms. The molecule has 2 unspecified atom stereocenters. The Labute approximate surface area is 111 Å². The highest BCUT2D eigenvalue weighted by molar-refractivity contribution is 7.99. The Morgan fingerprint density at radius 2 is 2.00 bits per heavy atom. The van der Waals surface area contributed by atoms with E-state index in [-0.39, 0.29) is 23.8 Å². The van der Waals surface area contributed by atoms with E-state index in [4.69, 9.17) is 0 Å². The molecule has 2 rings (SSSR count). The Morgan fingerprint density at radius 3 is 2.50 bits per heavy atom. The number of benzene rings is 1. The Hall–Kier alpha value is -1.26. The quantitative estimate of drug-likeness (QED) is 0.905. The van der Waals surface area contributed by atoms with E-state index >= 15 is 0 Å². The topological polar surface area (TPSA) is 40.5 Å². The summed E-state index contributed by atoms with van der Waals surface area (Å²) in [5.74, 6) is -0.0180. The van der Waals surface area contributed by atoms with Gasteiger partial charge in [0, 0.05) is 28.1 Å². The van der Waals surface area contributed by atoms with Gasteiger partial charge in [0.2, 0.25) is 0 Å². The van der Waals surface area contributed by atoms with Crippen molar-refractivity contribution >= 4 is 23.4 Å². The van der Waals surface area contributed by atoms with Crippen molar-refractivity contribution in [1.82, 2.24) is 4.90 Å². The van der Waals surface area contributed by atoms with Crippen LogP contribution in [0.4, 0.5) is 0 Å². The van der Waals surface area contributed by atoms with Gasteiger partial charge < -0.3 is 10.0 Å². The molecule has 1 aromatic rings. The van der Waals surface area contributed by atoms with E-state index in [2.05, 4.69) is 6.58 Å². The van der Waals surface area contributed by atoms with E-state index in [9.17, 15) is 9.90 Å². The highest BCUT2D eigenvalue weighted by atomic mass is 32.2. The molecular weight excluding hydrogens is 246 g/mol. The molecule has 1 heterocycles. The molecular formula is C14H17NO2S. The average molecular weight is 263 g/mol. The number of rotatable bonds is 4. The Balaban J connectivity index is 2.33. The minimum Gasteiger partial charge on any atom is -0.395 e. The summed E-state index contributed by atoms with van der Waals surface area (Å²) in [7, 11) is 0. The highest BCUT2D eigenvalue weighted by Crippen LogP contribution is 2.34. The maximum absolute atomic E-state index is 12.4. The lowest BCUT2D eigenvalue weighted by molar-refractivity contribution is 0.0801. The number of thioether (sulfide) groups is 1. The number of amides is 1. The fraction of sp³-hybridized carbons (Fsp3) is 0.357. The number of aliphatic hydroxyl groups excluding tert-OH is 1. The summed E-state index contributed by atoms with van der Waals surface area (Å²) in [4.78, 5) is 14.1. The van der Waals surface area contributed by atoms with Gasteiger partial charge in [-0.25, -0.2) is 0 Å². The van der Waals surface area contributed by atoms with Crippen LogP contribution in [-0.2, 0) is 0 Å². The zero-order valence-electron chi connectivity index (χ0n) is 10.6. The number of hydrogen-bond donors (Lipinski definition) is 1. The fourth-order valence-electron chi connectivity index (χ4n) is 2.32. The molecule has 18 heavy (non-hydrogen) atoms. The lowest BCUT2D eigenvalue weighted by atomic mass is 10.1. The maximum Gasteiger partial charge on any atom is 0.259 e. The van der Waals surface area contributed by atoms with Gasteiger partial charge in [-0.05, 0) is 19.2 Å². The molecule has 2 atom stereocenters. The molecule has 0 fully saturated rings. The first kappa shape index (κ1) is 13.2. The van der Waals surface area contributed by atoms with Crippen LogP contribution >= 0.6 is 11.8 Å². The second kappa shape index (κ2) is 5.16. The predicted octanol–water partition coefficient (Wildman–Crippen LogP) is 2.23. The zero-order valence-corrected chi connectivity index (χ0v) is 11.4. The molecule has 3 nitrogen and oxygen atoms in total. The molecule has 96 valence electrons. The van der Waals surface area contributed by atoms with E-state index in [1.807, 2.05) is 37.4 Å². The third-order valence-corrected chi connectivity index (χ3v) is 4.55. The predicted molar refractivity (Wildman–Crippen MR) is 75.5 cm³/mol. The molecule has 0 bridgehead atoms. The molecule has 1 amide bonds. The van der Waals surface area contributed by atoms with E-state index in [0.29, 0.717) is 5.56 Å². The van der Waals surface area contributed by atoms with Gasteiger partial charge in [0.15, 0.2) is 0 Å². The first-order valence-electron chi connectivity index (χ1n) is 5.87. The fourth-order valence-corrected chi connectivity index (χ4v) is 2.99. The number of hydrogen-bond acceptors (Lipinski definition) is 3. The molecule has 0 radical (unpaired) electrons. The van der Waals surface area contributed by atoms with Crippen molar-refractivity contribution in [2.24, 2.45) is 0 Å². The Morgan fingerprint density at radius 1 is 1.39 bits per heavy atom. The number of fused-ring (bicyclic) bond motifs is 1. The first-order valence-corrected chi connectivity index (χ1v) is 7.16. The standard InChI is InChI=1S/C14H17NO2S/c1-9-11-6-4-5-7-12(11)14(17)15(9)10(2)13(8-16)18-3/h4-7,10,13,16H,1,8H2,2-3H3. The monoisotopic (exact) mass is 263 g/mol. The number of carbonyl (C=O) groups excluding carboxylic acids is 1. The number of carbonyl (C=O) groups is 1. The van der Waals surface area contributed by atoms with Gasteiger partial charge in [0.25, 0.3) is 5.91 Å². The summed E-state index contributed by atoms with van der Waals surface area (Å²) in [5.41, 5.74) is 2.33. The van der Waals surface area contributed by atoms with Gasteiger partial charge in [0.1, 0.15) is 0 Å². The van der Waals surface area contributed by atoms with Crippen LogP contribution in [0.5, 0.6) is 0 Å². The molecule has 0 aromatic heterocycles.